The van der Waals surface area contributed by atoms with Gasteiger partial charge in [0.25, 0.3) is 0 Å². The van der Waals surface area contributed by atoms with Gasteiger partial charge in [-0.25, -0.2) is 0 Å². The first-order chi connectivity index (χ1) is 9.15. The van der Waals surface area contributed by atoms with E-state index in [1.165, 1.54) is 11.8 Å². The summed E-state index contributed by atoms with van der Waals surface area (Å²) in [6, 6.07) is -0.107. The molecule has 0 bridgehead atoms. The van der Waals surface area contributed by atoms with Crippen LogP contribution in [0.3, 0.4) is 0 Å². The Labute approximate surface area is 118 Å². The van der Waals surface area contributed by atoms with Gasteiger partial charge in [0.15, 0.2) is 5.17 Å². The number of thioether (sulfide) groups is 1. The van der Waals surface area contributed by atoms with E-state index in [0.717, 1.165) is 24.4 Å². The van der Waals surface area contributed by atoms with E-state index in [-0.39, 0.29) is 17.6 Å². The quantitative estimate of drug-likeness (QED) is 0.706. The van der Waals surface area contributed by atoms with Crippen molar-refractivity contribution in [3.8, 4) is 0 Å². The lowest BCUT2D eigenvalue weighted by Gasteiger charge is -2.37. The molecule has 6 heteroatoms. The van der Waals surface area contributed by atoms with Gasteiger partial charge < -0.3 is 20.3 Å². The van der Waals surface area contributed by atoms with Crippen LogP contribution in [0.2, 0.25) is 0 Å². The van der Waals surface area contributed by atoms with Gasteiger partial charge >= 0.3 is 0 Å². The van der Waals surface area contributed by atoms with E-state index in [9.17, 15) is 10.2 Å². The van der Waals surface area contributed by atoms with E-state index in [1.807, 2.05) is 6.92 Å². The second kappa shape index (κ2) is 6.92. The van der Waals surface area contributed by atoms with E-state index in [2.05, 4.69) is 17.2 Å². The van der Waals surface area contributed by atoms with E-state index in [0.29, 0.717) is 13.0 Å². The van der Waals surface area contributed by atoms with E-state index in [4.69, 9.17) is 4.74 Å². The van der Waals surface area contributed by atoms with Gasteiger partial charge in [0.1, 0.15) is 5.44 Å². The molecule has 3 N–H and O–H groups in total. The maximum atomic E-state index is 10.2. The highest BCUT2D eigenvalue weighted by Gasteiger charge is 2.45. The van der Waals surface area contributed by atoms with Gasteiger partial charge in [-0.05, 0) is 13.3 Å². The van der Waals surface area contributed by atoms with Crippen LogP contribution >= 0.6 is 11.8 Å². The average molecular weight is 288 g/mol. The molecule has 0 aromatic heterocycles. The van der Waals surface area contributed by atoms with Crippen molar-refractivity contribution in [3.05, 3.63) is 0 Å². The highest BCUT2D eigenvalue weighted by atomic mass is 32.2. The summed E-state index contributed by atoms with van der Waals surface area (Å²) in [5.74, 6) is 0. The van der Waals surface area contributed by atoms with Gasteiger partial charge in [-0.2, -0.15) is 0 Å². The van der Waals surface area contributed by atoms with Crippen molar-refractivity contribution in [2.45, 2.75) is 69.3 Å². The molecule has 0 aromatic carbocycles. The number of rotatable bonds is 5. The molecule has 2 rings (SSSR count). The van der Waals surface area contributed by atoms with Gasteiger partial charge in [0.05, 0.1) is 24.4 Å². The average Bonchev–Trinajstić information content (AvgIpc) is 2.79. The van der Waals surface area contributed by atoms with Crippen LogP contribution in [0.15, 0.2) is 4.99 Å². The number of ether oxygens (including phenoxy) is 1. The van der Waals surface area contributed by atoms with Crippen molar-refractivity contribution in [2.24, 2.45) is 4.99 Å². The number of fused-ring (bicyclic) bond motifs is 1. The lowest BCUT2D eigenvalue weighted by atomic mass is 9.95. The molecule has 0 aromatic rings. The first-order valence-electron chi connectivity index (χ1n) is 7.15. The smallest absolute Gasteiger partial charge is 0.159 e. The summed E-state index contributed by atoms with van der Waals surface area (Å²) < 4.78 is 5.93. The molecule has 5 atom stereocenters. The molecule has 2 aliphatic rings. The molecule has 2 aliphatic heterocycles. The lowest BCUT2D eigenvalue weighted by molar-refractivity contribution is -0.121. The summed E-state index contributed by atoms with van der Waals surface area (Å²) >= 11 is 1.51. The molecule has 19 heavy (non-hydrogen) atoms. The maximum absolute atomic E-state index is 10.2. The van der Waals surface area contributed by atoms with Crippen molar-refractivity contribution >= 4 is 16.9 Å². The van der Waals surface area contributed by atoms with E-state index in [1.54, 1.807) is 0 Å². The third kappa shape index (κ3) is 3.62. The molecule has 0 spiro atoms. The topological polar surface area (TPSA) is 74.1 Å². The van der Waals surface area contributed by atoms with Crippen molar-refractivity contribution in [1.82, 2.24) is 5.32 Å². The predicted octanol–water partition coefficient (Wildman–Crippen LogP) is 1.09. The fourth-order valence-electron chi connectivity index (χ4n) is 2.50. The highest BCUT2D eigenvalue weighted by Crippen LogP contribution is 2.35. The molecule has 0 unspecified atom stereocenters. The number of aliphatic hydroxyl groups excluding tert-OH is 2. The Morgan fingerprint density at radius 2 is 2.32 bits per heavy atom. The normalized spacial score (nSPS) is 38.0. The van der Waals surface area contributed by atoms with Gasteiger partial charge in [-0.1, -0.05) is 31.5 Å². The fourth-order valence-corrected chi connectivity index (χ4v) is 3.73. The molecule has 2 fully saturated rings. The number of aliphatic hydroxyl groups is 2. The molecule has 0 radical (unpaired) electrons. The van der Waals surface area contributed by atoms with Gasteiger partial charge in [-0.3, -0.25) is 4.99 Å². The minimum atomic E-state index is -0.489. The predicted molar refractivity (Wildman–Crippen MR) is 77.3 cm³/mol. The van der Waals surface area contributed by atoms with Crippen LogP contribution in [-0.4, -0.2) is 51.7 Å². The molecular formula is C13H24N2O3S. The Bertz CT molecular complexity index is 327. The number of nitrogens with one attached hydrogen (secondary N) is 1. The summed E-state index contributed by atoms with van der Waals surface area (Å²) in [7, 11) is 0. The van der Waals surface area contributed by atoms with E-state index >= 15 is 0 Å². The van der Waals surface area contributed by atoms with Crippen LogP contribution in [0.25, 0.3) is 0 Å². The Morgan fingerprint density at radius 1 is 1.53 bits per heavy atom. The van der Waals surface area contributed by atoms with E-state index < -0.39 is 12.2 Å². The number of unbranched alkanes of at least 4 members (excludes halogenated alkanes) is 1. The van der Waals surface area contributed by atoms with Crippen molar-refractivity contribution in [3.63, 3.8) is 0 Å². The number of hydrogen-bond donors (Lipinski definition) is 3. The summed E-state index contributed by atoms with van der Waals surface area (Å²) in [5.41, 5.74) is -0.143. The van der Waals surface area contributed by atoms with Crippen LogP contribution in [0.4, 0.5) is 0 Å². The SMILES string of the molecule is CCCC[C@H](O)[C@@H]1C[C@H](O)[C@H]2NC(=NCC)S[C@H]2O1. The second-order valence-corrected chi connectivity index (χ2v) is 6.21. The molecule has 2 saturated heterocycles. The number of amidine groups is 1. The molecule has 0 aliphatic carbocycles. The highest BCUT2D eigenvalue weighted by molar-refractivity contribution is 8.14. The molecule has 0 saturated carbocycles. The van der Waals surface area contributed by atoms with Crippen LogP contribution in [-0.2, 0) is 4.74 Å². The van der Waals surface area contributed by atoms with Crippen molar-refractivity contribution < 1.29 is 14.9 Å². The zero-order valence-electron chi connectivity index (χ0n) is 11.6. The Kier molecular flexibility index (Phi) is 5.50. The third-order valence-corrected chi connectivity index (χ3v) is 4.70. The summed E-state index contributed by atoms with van der Waals surface area (Å²) in [6.45, 7) is 4.79. The van der Waals surface area contributed by atoms with Crippen molar-refractivity contribution in [1.29, 1.82) is 0 Å². The first kappa shape index (κ1) is 15.1. The lowest BCUT2D eigenvalue weighted by Crippen LogP contribution is -2.52. The monoisotopic (exact) mass is 288 g/mol. The van der Waals surface area contributed by atoms with Gasteiger partial charge in [-0.15, -0.1) is 0 Å². The second-order valence-electron chi connectivity index (χ2n) is 5.12. The number of hydrogen-bond acceptors (Lipinski definition) is 5. The van der Waals surface area contributed by atoms with Crippen LogP contribution in [0, 0.1) is 0 Å². The van der Waals surface area contributed by atoms with Gasteiger partial charge in [0.2, 0.25) is 0 Å². The molecule has 5 nitrogen and oxygen atoms in total. The molecular weight excluding hydrogens is 264 g/mol. The number of aliphatic imine (C=N–C) groups is 1. The number of nitrogens with zero attached hydrogens (tertiary/aromatic N) is 1. The van der Waals surface area contributed by atoms with Crippen LogP contribution in [0.5, 0.6) is 0 Å². The standard InChI is InChI=1S/C13H24N2O3S/c1-3-5-6-8(16)10-7-9(17)11-12(18-10)19-13(15-11)14-4-2/h8-12,16-17H,3-7H2,1-2H3,(H,14,15)/t8-,9-,10-,11+,12+/m0/s1. The summed E-state index contributed by atoms with van der Waals surface area (Å²) in [5, 5.41) is 24.3. The van der Waals surface area contributed by atoms with Crippen LogP contribution < -0.4 is 5.32 Å². The third-order valence-electron chi connectivity index (χ3n) is 3.59. The maximum Gasteiger partial charge on any atom is 0.159 e. The zero-order chi connectivity index (χ0) is 13.8. The Morgan fingerprint density at radius 3 is 3.00 bits per heavy atom. The van der Waals surface area contributed by atoms with Crippen molar-refractivity contribution in [2.75, 3.05) is 6.54 Å². The molecule has 0 amide bonds. The Balaban J connectivity index is 1.94. The summed E-state index contributed by atoms with van der Waals surface area (Å²) in [4.78, 5) is 4.32. The van der Waals surface area contributed by atoms with Gasteiger partial charge in [0, 0.05) is 13.0 Å². The van der Waals surface area contributed by atoms with Crippen LogP contribution in [0.1, 0.15) is 39.5 Å². The molecule has 110 valence electrons. The fraction of sp³-hybridized carbons (Fsp3) is 0.923. The Hall–Kier alpha value is -0.300. The zero-order valence-corrected chi connectivity index (χ0v) is 12.4. The molecule has 2 heterocycles. The first-order valence-corrected chi connectivity index (χ1v) is 8.02. The minimum Gasteiger partial charge on any atom is -0.391 e. The summed E-state index contributed by atoms with van der Waals surface area (Å²) in [6.07, 6.45) is 2.03. The largest absolute Gasteiger partial charge is 0.391 e. The minimum absolute atomic E-state index is 0.107.